The molecule has 1 heterocycles. The number of carbonyl (C=O) groups is 1. The number of benzene rings is 1. The molecule has 0 saturated heterocycles. The summed E-state index contributed by atoms with van der Waals surface area (Å²) in [6.07, 6.45) is 2.82. The summed E-state index contributed by atoms with van der Waals surface area (Å²) >= 11 is 0. The number of nitrogens with zero attached hydrogens (tertiary/aromatic N) is 1. The molecule has 0 atom stereocenters. The SMILES string of the molecule is CCOc1ccncc1NS(=O)(=O)c1ccccc1C(N)=O. The molecular formula is C14H15N3O4S. The fraction of sp³-hybridized carbons (Fsp3) is 0.143. The second-order valence-corrected chi connectivity index (χ2v) is 5.92. The van der Waals surface area contributed by atoms with E-state index in [-0.39, 0.29) is 16.1 Å². The Morgan fingerprint density at radius 1 is 1.32 bits per heavy atom. The zero-order valence-corrected chi connectivity index (χ0v) is 12.6. The second-order valence-electron chi connectivity index (χ2n) is 4.27. The normalized spacial score (nSPS) is 11.0. The number of hydrogen-bond donors (Lipinski definition) is 2. The van der Waals surface area contributed by atoms with Crippen molar-refractivity contribution in [1.29, 1.82) is 0 Å². The van der Waals surface area contributed by atoms with Gasteiger partial charge in [0, 0.05) is 12.3 Å². The van der Waals surface area contributed by atoms with Gasteiger partial charge in [0.2, 0.25) is 5.91 Å². The number of amides is 1. The number of rotatable bonds is 6. The van der Waals surface area contributed by atoms with E-state index < -0.39 is 15.9 Å². The summed E-state index contributed by atoms with van der Waals surface area (Å²) in [6.45, 7) is 2.15. The molecule has 0 bridgehead atoms. The first-order valence-electron chi connectivity index (χ1n) is 6.44. The van der Waals surface area contributed by atoms with Crippen molar-refractivity contribution in [3.8, 4) is 5.75 Å². The van der Waals surface area contributed by atoms with E-state index in [0.717, 1.165) is 0 Å². The van der Waals surface area contributed by atoms with E-state index in [9.17, 15) is 13.2 Å². The fourth-order valence-electron chi connectivity index (χ4n) is 1.84. The van der Waals surface area contributed by atoms with E-state index >= 15 is 0 Å². The summed E-state index contributed by atoms with van der Waals surface area (Å²) in [6, 6.07) is 7.24. The van der Waals surface area contributed by atoms with Crippen molar-refractivity contribution in [3.05, 3.63) is 48.3 Å². The predicted molar refractivity (Wildman–Crippen MR) is 81.2 cm³/mol. The maximum Gasteiger partial charge on any atom is 0.262 e. The molecule has 2 aromatic rings. The average molecular weight is 321 g/mol. The maximum absolute atomic E-state index is 12.5. The number of nitrogens with two attached hydrogens (primary N) is 1. The highest BCUT2D eigenvalue weighted by molar-refractivity contribution is 7.92. The highest BCUT2D eigenvalue weighted by Crippen LogP contribution is 2.26. The Labute approximate surface area is 128 Å². The first-order chi connectivity index (χ1) is 10.5. The van der Waals surface area contributed by atoms with Gasteiger partial charge in [0.1, 0.15) is 16.3 Å². The summed E-state index contributed by atoms with van der Waals surface area (Å²) in [5, 5.41) is 0. The molecule has 2 rings (SSSR count). The zero-order chi connectivity index (χ0) is 16.2. The third kappa shape index (κ3) is 3.34. The Balaban J connectivity index is 2.43. The van der Waals surface area contributed by atoms with Gasteiger partial charge in [0.05, 0.1) is 18.4 Å². The number of ether oxygens (including phenoxy) is 1. The highest BCUT2D eigenvalue weighted by atomic mass is 32.2. The Morgan fingerprint density at radius 2 is 2.05 bits per heavy atom. The lowest BCUT2D eigenvalue weighted by atomic mass is 10.2. The minimum absolute atomic E-state index is 0.0862. The molecule has 0 aliphatic rings. The van der Waals surface area contributed by atoms with Gasteiger partial charge in [-0.05, 0) is 19.1 Å². The Morgan fingerprint density at radius 3 is 2.73 bits per heavy atom. The van der Waals surface area contributed by atoms with E-state index in [1.54, 1.807) is 13.0 Å². The lowest BCUT2D eigenvalue weighted by Crippen LogP contribution is -2.20. The summed E-state index contributed by atoms with van der Waals surface area (Å²) < 4.78 is 32.7. The number of pyridine rings is 1. The first kappa shape index (κ1) is 15.8. The minimum atomic E-state index is -4.00. The average Bonchev–Trinajstić information content (AvgIpc) is 2.49. The zero-order valence-electron chi connectivity index (χ0n) is 11.8. The maximum atomic E-state index is 12.5. The number of sulfonamides is 1. The molecule has 1 aromatic carbocycles. The lowest BCUT2D eigenvalue weighted by molar-refractivity contribution is 0.0997. The van der Waals surface area contributed by atoms with Crippen LogP contribution >= 0.6 is 0 Å². The summed E-state index contributed by atoms with van der Waals surface area (Å²) in [4.78, 5) is 15.0. The van der Waals surface area contributed by atoms with Crippen LogP contribution in [0.1, 0.15) is 17.3 Å². The predicted octanol–water partition coefficient (Wildman–Crippen LogP) is 1.38. The van der Waals surface area contributed by atoms with Crippen LogP contribution in [0, 0.1) is 0 Å². The van der Waals surface area contributed by atoms with Crippen molar-refractivity contribution in [2.75, 3.05) is 11.3 Å². The molecule has 0 radical (unpaired) electrons. The van der Waals surface area contributed by atoms with Crippen LogP contribution in [0.3, 0.4) is 0 Å². The summed E-state index contributed by atoms with van der Waals surface area (Å²) in [5.41, 5.74) is 5.31. The number of anilines is 1. The molecule has 0 spiro atoms. The van der Waals surface area contributed by atoms with Gasteiger partial charge in [-0.15, -0.1) is 0 Å². The molecule has 8 heteroatoms. The Hall–Kier alpha value is -2.61. The van der Waals surface area contributed by atoms with E-state index in [1.165, 1.54) is 36.7 Å². The van der Waals surface area contributed by atoms with Gasteiger partial charge in [0.25, 0.3) is 10.0 Å². The smallest absolute Gasteiger partial charge is 0.262 e. The topological polar surface area (TPSA) is 111 Å². The molecule has 0 aliphatic carbocycles. The van der Waals surface area contributed by atoms with E-state index in [0.29, 0.717) is 12.4 Å². The van der Waals surface area contributed by atoms with Gasteiger partial charge in [-0.1, -0.05) is 12.1 Å². The Bertz CT molecular complexity index is 790. The largest absolute Gasteiger partial charge is 0.492 e. The van der Waals surface area contributed by atoms with E-state index in [2.05, 4.69) is 9.71 Å². The van der Waals surface area contributed by atoms with Crippen LogP contribution in [0.5, 0.6) is 5.75 Å². The van der Waals surface area contributed by atoms with Gasteiger partial charge in [-0.3, -0.25) is 14.5 Å². The standard InChI is InChI=1S/C14H15N3O4S/c1-2-21-12-7-8-16-9-11(12)17-22(19,20)13-6-4-3-5-10(13)14(15)18/h3-9,17H,2H2,1H3,(H2,15,18). The number of primary amides is 1. The van der Waals surface area contributed by atoms with Crippen molar-refractivity contribution in [3.63, 3.8) is 0 Å². The fourth-order valence-corrected chi connectivity index (χ4v) is 3.11. The van der Waals surface area contributed by atoms with Gasteiger partial charge >= 0.3 is 0 Å². The van der Waals surface area contributed by atoms with Gasteiger partial charge in [-0.2, -0.15) is 0 Å². The Kier molecular flexibility index (Phi) is 4.62. The second kappa shape index (κ2) is 6.44. The molecule has 0 aliphatic heterocycles. The molecule has 0 fully saturated rings. The molecule has 1 aromatic heterocycles. The van der Waals surface area contributed by atoms with Crippen LogP contribution in [-0.4, -0.2) is 25.9 Å². The molecule has 0 saturated carbocycles. The van der Waals surface area contributed by atoms with Crippen LogP contribution < -0.4 is 15.2 Å². The molecular weight excluding hydrogens is 306 g/mol. The van der Waals surface area contributed by atoms with Crippen LogP contribution in [0.2, 0.25) is 0 Å². The minimum Gasteiger partial charge on any atom is -0.492 e. The highest BCUT2D eigenvalue weighted by Gasteiger charge is 2.22. The third-order valence-corrected chi connectivity index (χ3v) is 4.19. The number of hydrogen-bond acceptors (Lipinski definition) is 5. The van der Waals surface area contributed by atoms with Crippen LogP contribution in [0.4, 0.5) is 5.69 Å². The first-order valence-corrected chi connectivity index (χ1v) is 7.92. The van der Waals surface area contributed by atoms with Crippen molar-refractivity contribution in [2.24, 2.45) is 5.73 Å². The summed E-state index contributed by atoms with van der Waals surface area (Å²) in [7, 11) is -4.00. The molecule has 22 heavy (non-hydrogen) atoms. The number of aromatic nitrogens is 1. The van der Waals surface area contributed by atoms with Crippen molar-refractivity contribution >= 4 is 21.6 Å². The molecule has 0 unspecified atom stereocenters. The number of nitrogens with one attached hydrogen (secondary N) is 1. The van der Waals surface area contributed by atoms with E-state index in [4.69, 9.17) is 10.5 Å². The lowest BCUT2D eigenvalue weighted by Gasteiger charge is -2.13. The monoisotopic (exact) mass is 321 g/mol. The number of carbonyl (C=O) groups excluding carboxylic acids is 1. The van der Waals surface area contributed by atoms with Gasteiger partial charge in [-0.25, -0.2) is 8.42 Å². The molecule has 3 N–H and O–H groups in total. The van der Waals surface area contributed by atoms with Gasteiger partial charge in [0.15, 0.2) is 0 Å². The molecule has 1 amide bonds. The van der Waals surface area contributed by atoms with Crippen LogP contribution in [-0.2, 0) is 10.0 Å². The quantitative estimate of drug-likeness (QED) is 0.835. The van der Waals surface area contributed by atoms with Crippen LogP contribution in [0.15, 0.2) is 47.6 Å². The molecule has 7 nitrogen and oxygen atoms in total. The van der Waals surface area contributed by atoms with Crippen molar-refractivity contribution in [1.82, 2.24) is 4.98 Å². The molecule has 116 valence electrons. The van der Waals surface area contributed by atoms with Crippen molar-refractivity contribution in [2.45, 2.75) is 11.8 Å². The third-order valence-electron chi connectivity index (χ3n) is 2.77. The van der Waals surface area contributed by atoms with Gasteiger partial charge < -0.3 is 10.5 Å². The summed E-state index contributed by atoms with van der Waals surface area (Å²) in [5.74, 6) is -0.477. The van der Waals surface area contributed by atoms with E-state index in [1.807, 2.05) is 0 Å². The van der Waals surface area contributed by atoms with Crippen molar-refractivity contribution < 1.29 is 17.9 Å². The van der Waals surface area contributed by atoms with Crippen LogP contribution in [0.25, 0.3) is 0 Å².